The monoisotopic (exact) mass is 249 g/mol. The number of hydrogen-bond acceptors (Lipinski definition) is 5. The Kier molecular flexibility index (Phi) is 3.10. The molecule has 0 aliphatic heterocycles. The summed E-state index contributed by atoms with van der Waals surface area (Å²) in [7, 11) is 0. The van der Waals surface area contributed by atoms with Crippen LogP contribution in [-0.4, -0.2) is 15.8 Å². The van der Waals surface area contributed by atoms with Crippen LogP contribution in [0.3, 0.4) is 0 Å². The molecule has 2 aromatic rings. The molecule has 0 aliphatic carbocycles. The zero-order valence-corrected chi connectivity index (χ0v) is 9.31. The third-order valence-electron chi connectivity index (χ3n) is 1.95. The fourth-order valence-corrected chi connectivity index (χ4v) is 1.77. The van der Waals surface area contributed by atoms with Crippen molar-refractivity contribution in [1.82, 2.24) is 4.98 Å². The number of rotatable bonds is 3. The third-order valence-corrected chi connectivity index (χ3v) is 2.81. The lowest BCUT2D eigenvalue weighted by atomic mass is 10.4. The fourth-order valence-electron chi connectivity index (χ4n) is 1.15. The predicted octanol–water partition coefficient (Wildman–Crippen LogP) is 2.30. The number of carbonyl (C=O) groups excluding carboxylic acids is 1. The highest BCUT2D eigenvalue weighted by molar-refractivity contribution is 7.12. The summed E-state index contributed by atoms with van der Waals surface area (Å²) in [6.07, 6.45) is 1.10. The SMILES string of the molecule is O=C(Nc1ccc([N+](=O)[O-])cn1)c1cccs1. The molecule has 1 N–H and O–H groups in total. The molecule has 7 heteroatoms. The molecule has 86 valence electrons. The van der Waals surface area contributed by atoms with Crippen LogP contribution >= 0.6 is 11.3 Å². The number of anilines is 1. The molecule has 0 atom stereocenters. The number of pyridine rings is 1. The molecule has 0 radical (unpaired) electrons. The van der Waals surface area contributed by atoms with E-state index in [1.54, 1.807) is 17.5 Å². The van der Waals surface area contributed by atoms with Crippen molar-refractivity contribution in [2.24, 2.45) is 0 Å². The summed E-state index contributed by atoms with van der Waals surface area (Å²) in [5.41, 5.74) is -0.112. The highest BCUT2D eigenvalue weighted by atomic mass is 32.1. The number of nitrogens with zero attached hydrogens (tertiary/aromatic N) is 2. The molecule has 1 amide bonds. The third kappa shape index (κ3) is 2.64. The van der Waals surface area contributed by atoms with Crippen molar-refractivity contribution in [3.8, 4) is 0 Å². The van der Waals surface area contributed by atoms with Gasteiger partial charge in [0.1, 0.15) is 12.0 Å². The first kappa shape index (κ1) is 11.2. The Morgan fingerprint density at radius 3 is 2.76 bits per heavy atom. The fraction of sp³-hybridized carbons (Fsp3) is 0. The Hall–Kier alpha value is -2.28. The lowest BCUT2D eigenvalue weighted by Crippen LogP contribution is -2.11. The van der Waals surface area contributed by atoms with Crippen LogP contribution in [0.25, 0.3) is 0 Å². The van der Waals surface area contributed by atoms with Crippen LogP contribution in [0, 0.1) is 10.1 Å². The van der Waals surface area contributed by atoms with Crippen molar-refractivity contribution >= 4 is 28.7 Å². The molecule has 0 spiro atoms. The normalized spacial score (nSPS) is 9.88. The number of carbonyl (C=O) groups is 1. The molecule has 2 heterocycles. The van der Waals surface area contributed by atoms with Crippen molar-refractivity contribution in [1.29, 1.82) is 0 Å². The van der Waals surface area contributed by atoms with Crippen LogP contribution in [0.1, 0.15) is 9.67 Å². The van der Waals surface area contributed by atoms with Gasteiger partial charge in [0.25, 0.3) is 11.6 Å². The van der Waals surface area contributed by atoms with Crippen LogP contribution in [0.5, 0.6) is 0 Å². The van der Waals surface area contributed by atoms with Gasteiger partial charge in [-0.1, -0.05) is 6.07 Å². The quantitative estimate of drug-likeness (QED) is 0.668. The van der Waals surface area contributed by atoms with E-state index in [1.165, 1.54) is 23.5 Å². The minimum atomic E-state index is -0.544. The summed E-state index contributed by atoms with van der Waals surface area (Å²) in [6.45, 7) is 0. The van der Waals surface area contributed by atoms with Gasteiger partial charge in [-0.05, 0) is 17.5 Å². The smallest absolute Gasteiger partial charge is 0.287 e. The summed E-state index contributed by atoms with van der Waals surface area (Å²) < 4.78 is 0. The Labute approximate surface area is 100 Å². The molecule has 0 aliphatic rings. The van der Waals surface area contributed by atoms with Gasteiger partial charge >= 0.3 is 0 Å². The van der Waals surface area contributed by atoms with Crippen LogP contribution in [0.4, 0.5) is 11.5 Å². The van der Waals surface area contributed by atoms with E-state index in [1.807, 2.05) is 0 Å². The van der Waals surface area contributed by atoms with E-state index >= 15 is 0 Å². The summed E-state index contributed by atoms with van der Waals surface area (Å²) in [5.74, 6) is 0.00959. The van der Waals surface area contributed by atoms with E-state index in [0.29, 0.717) is 4.88 Å². The highest BCUT2D eigenvalue weighted by Crippen LogP contribution is 2.14. The van der Waals surface area contributed by atoms with E-state index in [2.05, 4.69) is 10.3 Å². The van der Waals surface area contributed by atoms with Crippen molar-refractivity contribution in [3.63, 3.8) is 0 Å². The van der Waals surface area contributed by atoms with Gasteiger partial charge in [-0.25, -0.2) is 4.98 Å². The first-order valence-electron chi connectivity index (χ1n) is 4.62. The van der Waals surface area contributed by atoms with Gasteiger partial charge in [-0.15, -0.1) is 11.3 Å². The largest absolute Gasteiger partial charge is 0.306 e. The molecule has 0 aromatic carbocycles. The Morgan fingerprint density at radius 1 is 1.41 bits per heavy atom. The number of nitrogens with one attached hydrogen (secondary N) is 1. The van der Waals surface area contributed by atoms with Gasteiger partial charge in [0.15, 0.2) is 0 Å². The molecule has 2 aromatic heterocycles. The summed E-state index contributed by atoms with van der Waals surface area (Å²) >= 11 is 1.31. The van der Waals surface area contributed by atoms with Crippen molar-refractivity contribution in [2.75, 3.05) is 5.32 Å². The number of amides is 1. The molecule has 0 bridgehead atoms. The van der Waals surface area contributed by atoms with Crippen LogP contribution in [0.15, 0.2) is 35.8 Å². The molecule has 17 heavy (non-hydrogen) atoms. The average Bonchev–Trinajstić information content (AvgIpc) is 2.83. The van der Waals surface area contributed by atoms with Gasteiger partial charge in [-0.2, -0.15) is 0 Å². The molecular formula is C10H7N3O3S. The van der Waals surface area contributed by atoms with Crippen LogP contribution in [-0.2, 0) is 0 Å². The minimum absolute atomic E-state index is 0.112. The van der Waals surface area contributed by atoms with Crippen LogP contribution in [0.2, 0.25) is 0 Å². The summed E-state index contributed by atoms with van der Waals surface area (Å²) in [4.78, 5) is 25.8. The van der Waals surface area contributed by atoms with E-state index in [4.69, 9.17) is 0 Å². The maximum Gasteiger partial charge on any atom is 0.287 e. The Balaban J connectivity index is 2.09. The molecule has 0 saturated heterocycles. The molecule has 0 fully saturated rings. The van der Waals surface area contributed by atoms with Gasteiger partial charge in [0.05, 0.1) is 9.80 Å². The van der Waals surface area contributed by atoms with E-state index < -0.39 is 4.92 Å². The number of nitro groups is 1. The maximum absolute atomic E-state index is 11.6. The van der Waals surface area contributed by atoms with Crippen molar-refractivity contribution in [2.45, 2.75) is 0 Å². The molecule has 2 rings (SSSR count). The summed E-state index contributed by atoms with van der Waals surface area (Å²) in [5, 5.41) is 14.7. The van der Waals surface area contributed by atoms with E-state index in [9.17, 15) is 14.9 Å². The second-order valence-electron chi connectivity index (χ2n) is 3.09. The number of hydrogen-bond donors (Lipinski definition) is 1. The summed E-state index contributed by atoms with van der Waals surface area (Å²) in [6, 6.07) is 6.13. The first-order valence-corrected chi connectivity index (χ1v) is 5.50. The highest BCUT2D eigenvalue weighted by Gasteiger charge is 2.09. The lowest BCUT2D eigenvalue weighted by Gasteiger charge is -2.01. The lowest BCUT2D eigenvalue weighted by molar-refractivity contribution is -0.385. The van der Waals surface area contributed by atoms with Crippen molar-refractivity contribution < 1.29 is 9.72 Å². The van der Waals surface area contributed by atoms with E-state index in [-0.39, 0.29) is 17.4 Å². The van der Waals surface area contributed by atoms with Gasteiger partial charge in [-0.3, -0.25) is 14.9 Å². The number of aromatic nitrogens is 1. The zero-order chi connectivity index (χ0) is 12.3. The molecule has 0 saturated carbocycles. The predicted molar refractivity (Wildman–Crippen MR) is 63.2 cm³/mol. The maximum atomic E-state index is 11.6. The minimum Gasteiger partial charge on any atom is -0.306 e. The number of thiophene rings is 1. The van der Waals surface area contributed by atoms with Gasteiger partial charge in [0, 0.05) is 6.07 Å². The van der Waals surface area contributed by atoms with E-state index in [0.717, 1.165) is 6.20 Å². The standard InChI is InChI=1S/C10H7N3O3S/c14-10(8-2-1-5-17-8)12-9-4-3-7(6-11-9)13(15)16/h1-6H,(H,11,12,14). The Morgan fingerprint density at radius 2 is 2.24 bits per heavy atom. The topological polar surface area (TPSA) is 85.1 Å². The van der Waals surface area contributed by atoms with Gasteiger partial charge in [0.2, 0.25) is 0 Å². The zero-order valence-electron chi connectivity index (χ0n) is 8.49. The second-order valence-corrected chi connectivity index (χ2v) is 4.04. The van der Waals surface area contributed by atoms with Gasteiger partial charge < -0.3 is 5.32 Å². The molecule has 0 unspecified atom stereocenters. The average molecular weight is 249 g/mol. The van der Waals surface area contributed by atoms with Crippen molar-refractivity contribution in [3.05, 3.63) is 50.8 Å². The second kappa shape index (κ2) is 4.71. The molecule has 6 nitrogen and oxygen atoms in total. The van der Waals surface area contributed by atoms with Crippen LogP contribution < -0.4 is 5.32 Å². The Bertz CT molecular complexity index is 536. The first-order chi connectivity index (χ1) is 8.16. The molecular weight excluding hydrogens is 242 g/mol.